The third-order valence-corrected chi connectivity index (χ3v) is 6.83. The molecule has 1 atom stereocenters. The number of hydrogen-bond donors (Lipinski definition) is 0. The van der Waals surface area contributed by atoms with Crippen LogP contribution in [0.5, 0.6) is 0 Å². The number of hydrogen-bond acceptors (Lipinski definition) is 6. The van der Waals surface area contributed by atoms with Crippen molar-refractivity contribution in [3.8, 4) is 0 Å². The van der Waals surface area contributed by atoms with Gasteiger partial charge in [0, 0.05) is 43.9 Å². The molecular formula is C23H35N5O4. The summed E-state index contributed by atoms with van der Waals surface area (Å²) in [5.74, 6) is 1.43. The van der Waals surface area contributed by atoms with Crippen LogP contribution in [0.4, 0.5) is 0 Å². The summed E-state index contributed by atoms with van der Waals surface area (Å²) in [6.45, 7) is 8.66. The van der Waals surface area contributed by atoms with Crippen molar-refractivity contribution in [2.75, 3.05) is 32.7 Å². The van der Waals surface area contributed by atoms with Crippen molar-refractivity contribution in [1.29, 1.82) is 0 Å². The van der Waals surface area contributed by atoms with Gasteiger partial charge in [-0.1, -0.05) is 20.8 Å². The molecular weight excluding hydrogens is 410 g/mol. The zero-order valence-electron chi connectivity index (χ0n) is 19.5. The molecule has 0 aliphatic carbocycles. The van der Waals surface area contributed by atoms with Crippen molar-refractivity contribution < 1.29 is 18.8 Å². The molecule has 0 saturated carbocycles. The number of nitrogens with zero attached hydrogens (tertiary/aromatic N) is 5. The van der Waals surface area contributed by atoms with Crippen molar-refractivity contribution in [2.45, 2.75) is 77.7 Å². The van der Waals surface area contributed by atoms with Crippen molar-refractivity contribution >= 4 is 17.7 Å². The molecule has 4 heterocycles. The largest absolute Gasteiger partial charge is 0.423 e. The molecule has 3 fully saturated rings. The summed E-state index contributed by atoms with van der Waals surface area (Å²) in [4.78, 5) is 42.8. The van der Waals surface area contributed by atoms with Gasteiger partial charge >= 0.3 is 0 Å². The highest BCUT2D eigenvalue weighted by Crippen LogP contribution is 2.34. The Morgan fingerprint density at radius 1 is 0.969 bits per heavy atom. The normalized spacial score (nSPS) is 23.2. The van der Waals surface area contributed by atoms with Gasteiger partial charge in [0.15, 0.2) is 0 Å². The first-order valence-electron chi connectivity index (χ1n) is 11.9. The molecule has 3 amide bonds. The monoisotopic (exact) mass is 445 g/mol. The average molecular weight is 446 g/mol. The van der Waals surface area contributed by atoms with Crippen LogP contribution in [0.25, 0.3) is 0 Å². The number of rotatable bonds is 4. The van der Waals surface area contributed by atoms with E-state index < -0.39 is 0 Å². The van der Waals surface area contributed by atoms with Gasteiger partial charge in [0.1, 0.15) is 6.04 Å². The van der Waals surface area contributed by atoms with Crippen LogP contribution >= 0.6 is 0 Å². The second-order valence-electron chi connectivity index (χ2n) is 10.3. The van der Waals surface area contributed by atoms with E-state index in [0.717, 1.165) is 38.5 Å². The molecule has 176 valence electrons. The zero-order chi connectivity index (χ0) is 22.9. The zero-order valence-corrected chi connectivity index (χ0v) is 19.5. The maximum absolute atomic E-state index is 13.0. The first kappa shape index (κ1) is 22.7. The van der Waals surface area contributed by atoms with Crippen LogP contribution in [0.2, 0.25) is 0 Å². The number of piperidine rings is 2. The molecule has 9 nitrogen and oxygen atoms in total. The maximum atomic E-state index is 13.0. The fourth-order valence-electron chi connectivity index (χ4n) is 4.96. The highest BCUT2D eigenvalue weighted by molar-refractivity contribution is 5.86. The van der Waals surface area contributed by atoms with Crippen LogP contribution in [-0.2, 0) is 14.4 Å². The topological polar surface area (TPSA) is 99.9 Å². The predicted octanol–water partition coefficient (Wildman–Crippen LogP) is 2.50. The predicted molar refractivity (Wildman–Crippen MR) is 116 cm³/mol. The first-order valence-corrected chi connectivity index (χ1v) is 11.9. The first-order chi connectivity index (χ1) is 15.2. The molecule has 0 radical (unpaired) electrons. The van der Waals surface area contributed by atoms with E-state index in [4.69, 9.17) is 4.42 Å². The van der Waals surface area contributed by atoms with Crippen molar-refractivity contribution in [3.05, 3.63) is 11.8 Å². The summed E-state index contributed by atoms with van der Waals surface area (Å²) in [5.41, 5.74) is -0.374. The van der Waals surface area contributed by atoms with Gasteiger partial charge in [-0.2, -0.15) is 0 Å². The average Bonchev–Trinajstić information content (AvgIpc) is 3.42. The van der Waals surface area contributed by atoms with Gasteiger partial charge in [-0.05, 0) is 38.5 Å². The van der Waals surface area contributed by atoms with E-state index in [2.05, 4.69) is 10.2 Å². The molecule has 1 aromatic heterocycles. The molecule has 0 spiro atoms. The Bertz CT molecular complexity index is 853. The fourth-order valence-corrected chi connectivity index (χ4v) is 4.96. The SMILES string of the molecule is CC(C)(C)C(=O)N1CCC(c2nnc([C@@H]3CCCCN3C(=O)CN3CCCC3=O)o2)CC1. The number of likely N-dealkylation sites (tertiary alicyclic amines) is 3. The van der Waals surface area contributed by atoms with Crippen molar-refractivity contribution in [3.63, 3.8) is 0 Å². The lowest BCUT2D eigenvalue weighted by atomic mass is 9.91. The Kier molecular flexibility index (Phi) is 6.53. The Morgan fingerprint density at radius 2 is 1.69 bits per heavy atom. The maximum Gasteiger partial charge on any atom is 0.242 e. The highest BCUT2D eigenvalue weighted by Gasteiger charge is 2.36. The Hall–Kier alpha value is -2.45. The molecule has 0 aromatic carbocycles. The molecule has 0 bridgehead atoms. The summed E-state index contributed by atoms with van der Waals surface area (Å²) in [7, 11) is 0. The van der Waals surface area contributed by atoms with Crippen LogP contribution in [0.1, 0.15) is 89.5 Å². The number of carbonyl (C=O) groups is 3. The van der Waals surface area contributed by atoms with E-state index >= 15 is 0 Å². The number of amides is 3. The van der Waals surface area contributed by atoms with Crippen LogP contribution in [-0.4, -0.2) is 75.3 Å². The summed E-state index contributed by atoms with van der Waals surface area (Å²) < 4.78 is 6.10. The third kappa shape index (κ3) is 4.81. The molecule has 3 saturated heterocycles. The van der Waals surface area contributed by atoms with Crippen molar-refractivity contribution in [1.82, 2.24) is 24.9 Å². The lowest BCUT2D eigenvalue weighted by molar-refractivity contribution is -0.141. The number of carbonyl (C=O) groups excluding carboxylic acids is 3. The Morgan fingerprint density at radius 3 is 2.34 bits per heavy atom. The fraction of sp³-hybridized carbons (Fsp3) is 0.783. The smallest absolute Gasteiger partial charge is 0.242 e. The van der Waals surface area contributed by atoms with Gasteiger partial charge in [0.2, 0.25) is 29.5 Å². The highest BCUT2D eigenvalue weighted by atomic mass is 16.4. The quantitative estimate of drug-likeness (QED) is 0.706. The number of aromatic nitrogens is 2. The minimum absolute atomic E-state index is 0.0429. The van der Waals surface area contributed by atoms with Gasteiger partial charge in [0.25, 0.3) is 0 Å². The van der Waals surface area contributed by atoms with Crippen LogP contribution in [0.15, 0.2) is 4.42 Å². The van der Waals surface area contributed by atoms with E-state index in [0.29, 0.717) is 44.4 Å². The van der Waals surface area contributed by atoms with Crippen molar-refractivity contribution in [2.24, 2.45) is 5.41 Å². The van der Waals surface area contributed by atoms with Gasteiger partial charge in [-0.3, -0.25) is 14.4 Å². The van der Waals surface area contributed by atoms with Gasteiger partial charge in [0.05, 0.1) is 6.54 Å². The second kappa shape index (κ2) is 9.19. The van der Waals surface area contributed by atoms with E-state index in [1.165, 1.54) is 0 Å². The molecule has 9 heteroatoms. The molecule has 3 aliphatic heterocycles. The Balaban J connectivity index is 1.39. The molecule has 1 aromatic rings. The molecule has 3 aliphatic rings. The molecule has 0 N–H and O–H groups in total. The van der Waals surface area contributed by atoms with E-state index in [1.807, 2.05) is 30.6 Å². The van der Waals surface area contributed by atoms with Gasteiger partial charge in [-0.15, -0.1) is 10.2 Å². The summed E-state index contributed by atoms with van der Waals surface area (Å²) in [6.07, 6.45) is 5.69. The molecule has 4 rings (SSSR count). The minimum atomic E-state index is -0.374. The summed E-state index contributed by atoms with van der Waals surface area (Å²) >= 11 is 0. The second-order valence-corrected chi connectivity index (χ2v) is 10.3. The van der Waals surface area contributed by atoms with Crippen LogP contribution in [0, 0.1) is 5.41 Å². The molecule has 0 unspecified atom stereocenters. The van der Waals surface area contributed by atoms with Crippen LogP contribution in [0.3, 0.4) is 0 Å². The standard InChI is InChI=1S/C23H35N5O4/c1-23(2,3)22(31)26-13-9-16(10-14-26)20-24-25-21(32-20)17-7-4-5-12-28(17)19(30)15-27-11-6-8-18(27)29/h16-17H,4-15H2,1-3H3/t17-/m0/s1. The third-order valence-electron chi connectivity index (χ3n) is 6.83. The summed E-state index contributed by atoms with van der Waals surface area (Å²) in [5, 5.41) is 8.64. The molecule has 32 heavy (non-hydrogen) atoms. The lowest BCUT2D eigenvalue weighted by Crippen LogP contribution is -2.44. The van der Waals surface area contributed by atoms with E-state index in [-0.39, 0.29) is 41.6 Å². The van der Waals surface area contributed by atoms with Gasteiger partial charge < -0.3 is 19.1 Å². The van der Waals surface area contributed by atoms with E-state index in [1.54, 1.807) is 4.90 Å². The Labute approximate surface area is 189 Å². The minimum Gasteiger partial charge on any atom is -0.423 e. The van der Waals surface area contributed by atoms with Crippen LogP contribution < -0.4 is 0 Å². The van der Waals surface area contributed by atoms with E-state index in [9.17, 15) is 14.4 Å². The lowest BCUT2D eigenvalue weighted by Gasteiger charge is -2.35. The summed E-state index contributed by atoms with van der Waals surface area (Å²) in [6, 6.07) is -0.224. The van der Waals surface area contributed by atoms with Gasteiger partial charge in [-0.25, -0.2) is 0 Å².